The zero-order valence-electron chi connectivity index (χ0n) is 10.9. The molecule has 1 amide bonds. The van der Waals surface area contributed by atoms with E-state index in [1.807, 2.05) is 31.2 Å². The van der Waals surface area contributed by atoms with Crippen LogP contribution in [0.1, 0.15) is 15.9 Å². The van der Waals surface area contributed by atoms with Gasteiger partial charge in [0, 0.05) is 11.1 Å². The van der Waals surface area contributed by atoms with Crippen molar-refractivity contribution < 1.29 is 10.0 Å². The van der Waals surface area contributed by atoms with Gasteiger partial charge in [-0.1, -0.05) is 23.8 Å². The molecule has 0 spiro atoms. The SMILES string of the molecule is Cc1cccc(-c2nc3ccc(C(N)=O)cc3n2O)c1. The molecule has 0 saturated heterocycles. The first-order chi connectivity index (χ1) is 9.56. The maximum Gasteiger partial charge on any atom is 0.248 e. The summed E-state index contributed by atoms with van der Waals surface area (Å²) in [7, 11) is 0. The Morgan fingerprint density at radius 1 is 1.25 bits per heavy atom. The van der Waals surface area contributed by atoms with Crippen LogP contribution in [0.5, 0.6) is 0 Å². The molecule has 0 fully saturated rings. The highest BCUT2D eigenvalue weighted by molar-refractivity contribution is 5.96. The third-order valence-electron chi connectivity index (χ3n) is 3.19. The number of primary amides is 1. The number of fused-ring (bicyclic) bond motifs is 1. The molecule has 0 aliphatic rings. The topological polar surface area (TPSA) is 81.1 Å². The molecular formula is C15H13N3O2. The molecule has 100 valence electrons. The molecule has 3 N–H and O–H groups in total. The van der Waals surface area contributed by atoms with Crippen LogP contribution < -0.4 is 5.73 Å². The van der Waals surface area contributed by atoms with Crippen LogP contribution in [-0.2, 0) is 0 Å². The van der Waals surface area contributed by atoms with Crippen LogP contribution in [-0.4, -0.2) is 20.8 Å². The third-order valence-corrected chi connectivity index (χ3v) is 3.19. The average molecular weight is 267 g/mol. The van der Waals surface area contributed by atoms with E-state index in [9.17, 15) is 10.0 Å². The minimum Gasteiger partial charge on any atom is -0.426 e. The predicted octanol–water partition coefficient (Wildman–Crippen LogP) is 2.35. The van der Waals surface area contributed by atoms with Crippen LogP contribution in [0.4, 0.5) is 0 Å². The number of aryl methyl sites for hydroxylation is 1. The van der Waals surface area contributed by atoms with Crippen LogP contribution >= 0.6 is 0 Å². The Labute approximate surface area is 115 Å². The van der Waals surface area contributed by atoms with Gasteiger partial charge in [0.15, 0.2) is 5.82 Å². The maximum atomic E-state index is 11.2. The summed E-state index contributed by atoms with van der Waals surface area (Å²) in [6.07, 6.45) is 0. The van der Waals surface area contributed by atoms with Crippen LogP contribution in [0.15, 0.2) is 42.5 Å². The number of carbonyl (C=O) groups excluding carboxylic acids is 1. The molecule has 0 aliphatic carbocycles. The fourth-order valence-corrected chi connectivity index (χ4v) is 2.19. The van der Waals surface area contributed by atoms with E-state index in [0.29, 0.717) is 22.4 Å². The summed E-state index contributed by atoms with van der Waals surface area (Å²) in [5.41, 5.74) is 8.53. The van der Waals surface area contributed by atoms with Gasteiger partial charge >= 0.3 is 0 Å². The largest absolute Gasteiger partial charge is 0.426 e. The molecule has 5 nitrogen and oxygen atoms in total. The van der Waals surface area contributed by atoms with E-state index in [2.05, 4.69) is 4.98 Å². The molecule has 0 atom stereocenters. The molecule has 20 heavy (non-hydrogen) atoms. The molecular weight excluding hydrogens is 254 g/mol. The Morgan fingerprint density at radius 2 is 2.05 bits per heavy atom. The van der Waals surface area contributed by atoms with Crippen molar-refractivity contribution >= 4 is 16.9 Å². The lowest BCUT2D eigenvalue weighted by Gasteiger charge is -2.02. The number of imidazole rings is 1. The minimum atomic E-state index is -0.537. The molecule has 2 aromatic carbocycles. The Balaban J connectivity index is 2.23. The number of benzene rings is 2. The Bertz CT molecular complexity index is 821. The van der Waals surface area contributed by atoms with Crippen molar-refractivity contribution in [2.45, 2.75) is 6.92 Å². The summed E-state index contributed by atoms with van der Waals surface area (Å²) in [5, 5.41) is 10.2. The molecule has 3 aromatic rings. The summed E-state index contributed by atoms with van der Waals surface area (Å²) >= 11 is 0. The van der Waals surface area contributed by atoms with E-state index in [0.717, 1.165) is 15.9 Å². The zero-order chi connectivity index (χ0) is 14.3. The Hall–Kier alpha value is -2.82. The van der Waals surface area contributed by atoms with Gasteiger partial charge in [0.25, 0.3) is 0 Å². The number of amides is 1. The van der Waals surface area contributed by atoms with E-state index in [-0.39, 0.29) is 0 Å². The zero-order valence-corrected chi connectivity index (χ0v) is 10.9. The molecule has 1 aromatic heterocycles. The molecule has 0 unspecified atom stereocenters. The van der Waals surface area contributed by atoms with Gasteiger partial charge in [0.1, 0.15) is 5.52 Å². The highest BCUT2D eigenvalue weighted by Gasteiger charge is 2.13. The second-order valence-corrected chi connectivity index (χ2v) is 4.68. The van der Waals surface area contributed by atoms with Crippen molar-refractivity contribution in [1.29, 1.82) is 0 Å². The monoisotopic (exact) mass is 267 g/mol. The summed E-state index contributed by atoms with van der Waals surface area (Å²) in [5.74, 6) is -0.101. The fourth-order valence-electron chi connectivity index (χ4n) is 2.19. The number of hydrogen-bond acceptors (Lipinski definition) is 3. The van der Waals surface area contributed by atoms with Gasteiger partial charge in [-0.3, -0.25) is 4.79 Å². The van der Waals surface area contributed by atoms with Gasteiger partial charge in [0.2, 0.25) is 5.91 Å². The highest BCUT2D eigenvalue weighted by atomic mass is 16.5. The van der Waals surface area contributed by atoms with Crippen LogP contribution in [0.3, 0.4) is 0 Å². The van der Waals surface area contributed by atoms with Gasteiger partial charge in [-0.05, 0) is 31.2 Å². The number of carbonyl (C=O) groups is 1. The molecule has 0 saturated carbocycles. The van der Waals surface area contributed by atoms with Crippen molar-refractivity contribution in [1.82, 2.24) is 9.71 Å². The second-order valence-electron chi connectivity index (χ2n) is 4.68. The molecule has 5 heteroatoms. The highest BCUT2D eigenvalue weighted by Crippen LogP contribution is 2.24. The second kappa shape index (κ2) is 4.38. The van der Waals surface area contributed by atoms with Gasteiger partial charge < -0.3 is 10.9 Å². The molecule has 0 aliphatic heterocycles. The molecule has 1 heterocycles. The van der Waals surface area contributed by atoms with Crippen LogP contribution in [0, 0.1) is 6.92 Å². The third kappa shape index (κ3) is 1.89. The fraction of sp³-hybridized carbons (Fsp3) is 0.0667. The van der Waals surface area contributed by atoms with E-state index in [1.165, 1.54) is 6.07 Å². The number of nitrogens with zero attached hydrogens (tertiary/aromatic N) is 2. The number of rotatable bonds is 2. The normalized spacial score (nSPS) is 10.8. The predicted molar refractivity (Wildman–Crippen MR) is 75.6 cm³/mol. The van der Waals surface area contributed by atoms with Gasteiger partial charge in [-0.2, -0.15) is 4.73 Å². The smallest absolute Gasteiger partial charge is 0.248 e. The van der Waals surface area contributed by atoms with E-state index >= 15 is 0 Å². The van der Waals surface area contributed by atoms with E-state index in [4.69, 9.17) is 5.73 Å². The van der Waals surface area contributed by atoms with Gasteiger partial charge in [0.05, 0.1) is 5.52 Å². The molecule has 0 bridgehead atoms. The van der Waals surface area contributed by atoms with E-state index < -0.39 is 5.91 Å². The lowest BCUT2D eigenvalue weighted by molar-refractivity contribution is 0.100. The first kappa shape index (κ1) is 12.2. The van der Waals surface area contributed by atoms with Crippen LogP contribution in [0.25, 0.3) is 22.4 Å². The Kier molecular flexibility index (Phi) is 2.68. The van der Waals surface area contributed by atoms with Gasteiger partial charge in [-0.25, -0.2) is 4.98 Å². The summed E-state index contributed by atoms with van der Waals surface area (Å²) in [6, 6.07) is 12.5. The minimum absolute atomic E-state index is 0.337. The lowest BCUT2D eigenvalue weighted by atomic mass is 10.1. The summed E-state index contributed by atoms with van der Waals surface area (Å²) in [4.78, 5) is 15.6. The molecule has 0 radical (unpaired) electrons. The van der Waals surface area contributed by atoms with Crippen LogP contribution in [0.2, 0.25) is 0 Å². The average Bonchev–Trinajstić information content (AvgIpc) is 2.76. The standard InChI is InChI=1S/C15H13N3O2/c1-9-3-2-4-11(7-9)15-17-12-6-5-10(14(16)19)8-13(12)18(15)20/h2-8,20H,1H3,(H2,16,19). The summed E-state index contributed by atoms with van der Waals surface area (Å²) in [6.45, 7) is 1.97. The number of aromatic nitrogens is 2. The molecule has 3 rings (SSSR count). The van der Waals surface area contributed by atoms with Crippen molar-refractivity contribution in [3.8, 4) is 11.4 Å². The van der Waals surface area contributed by atoms with Crippen molar-refractivity contribution in [2.24, 2.45) is 5.73 Å². The van der Waals surface area contributed by atoms with E-state index in [1.54, 1.807) is 12.1 Å². The summed E-state index contributed by atoms with van der Waals surface area (Å²) < 4.78 is 0.983. The Morgan fingerprint density at radius 3 is 2.75 bits per heavy atom. The quantitative estimate of drug-likeness (QED) is 0.699. The first-order valence-electron chi connectivity index (χ1n) is 6.15. The van der Waals surface area contributed by atoms with Crippen molar-refractivity contribution in [3.63, 3.8) is 0 Å². The van der Waals surface area contributed by atoms with Crippen molar-refractivity contribution in [3.05, 3.63) is 53.6 Å². The first-order valence-corrected chi connectivity index (χ1v) is 6.15. The number of nitrogens with two attached hydrogens (primary N) is 1. The number of hydrogen-bond donors (Lipinski definition) is 2. The maximum absolute atomic E-state index is 11.2. The lowest BCUT2D eigenvalue weighted by Crippen LogP contribution is -2.10. The van der Waals surface area contributed by atoms with Crippen molar-refractivity contribution in [2.75, 3.05) is 0 Å². The van der Waals surface area contributed by atoms with Gasteiger partial charge in [-0.15, -0.1) is 0 Å².